The molecule has 0 radical (unpaired) electrons. The third-order valence-electron chi connectivity index (χ3n) is 5.29. The van der Waals surface area contributed by atoms with E-state index in [1.165, 1.54) is 19.3 Å². The molecular formula is C13H19NaO4S. The van der Waals surface area contributed by atoms with Crippen molar-refractivity contribution in [3.63, 3.8) is 0 Å². The van der Waals surface area contributed by atoms with Gasteiger partial charge in [-0.15, -0.1) is 0 Å². The summed E-state index contributed by atoms with van der Waals surface area (Å²) in [4.78, 5) is -0.524. The predicted molar refractivity (Wildman–Crippen MR) is 65.4 cm³/mol. The summed E-state index contributed by atoms with van der Waals surface area (Å²) >= 11 is 0. The molecule has 4 bridgehead atoms. The average Bonchev–Trinajstić information content (AvgIpc) is 2.23. The molecular weight excluding hydrogens is 275 g/mol. The topological polar surface area (TPSA) is 77.4 Å². The van der Waals surface area contributed by atoms with E-state index < -0.39 is 21.1 Å². The molecule has 0 amide bonds. The van der Waals surface area contributed by atoms with Gasteiger partial charge in [-0.2, -0.15) is 0 Å². The SMILES string of the molecule is C=C(C(O)C12CC3CC(CC(C3)C1)C2)S(=O)(=O)[O-].[Na+]. The molecule has 4 fully saturated rings. The molecule has 1 atom stereocenters. The molecule has 0 aromatic heterocycles. The van der Waals surface area contributed by atoms with E-state index in [0.717, 1.165) is 19.3 Å². The maximum atomic E-state index is 11.1. The summed E-state index contributed by atoms with van der Waals surface area (Å²) in [6.45, 7) is 3.33. The van der Waals surface area contributed by atoms with Crippen LogP contribution in [0.2, 0.25) is 0 Å². The average molecular weight is 294 g/mol. The minimum Gasteiger partial charge on any atom is -0.744 e. The normalized spacial score (nSPS) is 41.7. The molecule has 1 N–H and O–H groups in total. The van der Waals surface area contributed by atoms with Gasteiger partial charge in [-0.25, -0.2) is 8.42 Å². The van der Waals surface area contributed by atoms with Crippen LogP contribution in [0.1, 0.15) is 38.5 Å². The van der Waals surface area contributed by atoms with Crippen LogP contribution in [0.15, 0.2) is 11.5 Å². The number of aliphatic hydroxyl groups excluding tert-OH is 1. The van der Waals surface area contributed by atoms with Crippen LogP contribution in [0.4, 0.5) is 0 Å². The van der Waals surface area contributed by atoms with Crippen LogP contribution in [-0.2, 0) is 10.1 Å². The third-order valence-corrected chi connectivity index (χ3v) is 6.16. The summed E-state index contributed by atoms with van der Waals surface area (Å²) < 4.78 is 33.2. The van der Waals surface area contributed by atoms with Crippen molar-refractivity contribution in [2.75, 3.05) is 0 Å². The zero-order chi connectivity index (χ0) is 13.1. The fraction of sp³-hybridized carbons (Fsp3) is 0.846. The van der Waals surface area contributed by atoms with E-state index in [9.17, 15) is 18.1 Å². The van der Waals surface area contributed by atoms with Crippen molar-refractivity contribution >= 4 is 10.1 Å². The first-order valence-electron chi connectivity index (χ1n) is 6.63. The second kappa shape index (κ2) is 5.11. The first-order valence-corrected chi connectivity index (χ1v) is 8.04. The second-order valence-corrected chi connectivity index (χ2v) is 8.04. The monoisotopic (exact) mass is 294 g/mol. The summed E-state index contributed by atoms with van der Waals surface area (Å²) in [5.41, 5.74) is -0.386. The van der Waals surface area contributed by atoms with Gasteiger partial charge in [0.05, 0.1) is 11.0 Å². The van der Waals surface area contributed by atoms with Gasteiger partial charge in [0, 0.05) is 5.41 Å². The van der Waals surface area contributed by atoms with Crippen molar-refractivity contribution in [1.82, 2.24) is 0 Å². The van der Waals surface area contributed by atoms with E-state index in [2.05, 4.69) is 6.58 Å². The molecule has 19 heavy (non-hydrogen) atoms. The number of rotatable bonds is 3. The quantitative estimate of drug-likeness (QED) is 0.514. The van der Waals surface area contributed by atoms with Gasteiger partial charge in [0.2, 0.25) is 0 Å². The van der Waals surface area contributed by atoms with Gasteiger partial charge in [-0.1, -0.05) is 6.58 Å². The van der Waals surface area contributed by atoms with Crippen molar-refractivity contribution < 1.29 is 47.6 Å². The molecule has 0 aromatic carbocycles. The van der Waals surface area contributed by atoms with Gasteiger partial charge in [0.25, 0.3) is 0 Å². The number of aliphatic hydroxyl groups is 1. The maximum Gasteiger partial charge on any atom is 1.00 e. The van der Waals surface area contributed by atoms with Crippen molar-refractivity contribution in [2.24, 2.45) is 23.2 Å². The van der Waals surface area contributed by atoms with Crippen LogP contribution < -0.4 is 29.6 Å². The first-order chi connectivity index (χ1) is 8.30. The van der Waals surface area contributed by atoms with E-state index in [0.29, 0.717) is 17.8 Å². The van der Waals surface area contributed by atoms with E-state index in [1.807, 2.05) is 0 Å². The van der Waals surface area contributed by atoms with Gasteiger partial charge in [-0.05, 0) is 56.3 Å². The van der Waals surface area contributed by atoms with Gasteiger partial charge in [0.15, 0.2) is 0 Å². The molecule has 0 spiro atoms. The van der Waals surface area contributed by atoms with Crippen LogP contribution in [0.25, 0.3) is 0 Å². The molecule has 0 heterocycles. The molecule has 4 saturated carbocycles. The van der Waals surface area contributed by atoms with Crippen LogP contribution in [0.3, 0.4) is 0 Å². The van der Waals surface area contributed by atoms with Crippen molar-refractivity contribution in [3.8, 4) is 0 Å². The molecule has 4 aliphatic carbocycles. The van der Waals surface area contributed by atoms with Crippen LogP contribution in [0.5, 0.6) is 0 Å². The standard InChI is InChI=1S/C13H20O4S.Na/c1-8(18(15,16)17)12(14)13-5-9-2-10(6-13)4-11(3-9)7-13;/h9-12,14H,1-7H2,(H,15,16,17);/q;+1/p-1. The summed E-state index contributed by atoms with van der Waals surface area (Å²) in [6.07, 6.45) is 5.03. The molecule has 0 aliphatic heterocycles. The number of hydrogen-bond acceptors (Lipinski definition) is 4. The Bertz CT molecular complexity index is 450. The van der Waals surface area contributed by atoms with E-state index >= 15 is 0 Å². The summed E-state index contributed by atoms with van der Waals surface area (Å²) in [5.74, 6) is 1.81. The van der Waals surface area contributed by atoms with Gasteiger partial charge in [0.1, 0.15) is 10.1 Å². The second-order valence-electron chi connectivity index (χ2n) is 6.60. The van der Waals surface area contributed by atoms with E-state index in [1.54, 1.807) is 0 Å². The molecule has 6 heteroatoms. The predicted octanol–water partition coefficient (Wildman–Crippen LogP) is -1.37. The Morgan fingerprint density at radius 1 is 1.16 bits per heavy atom. The van der Waals surface area contributed by atoms with E-state index in [-0.39, 0.29) is 35.0 Å². The van der Waals surface area contributed by atoms with E-state index in [4.69, 9.17) is 0 Å². The Labute approximate surface area is 136 Å². The van der Waals surface area contributed by atoms with Crippen molar-refractivity contribution in [2.45, 2.75) is 44.6 Å². The fourth-order valence-electron chi connectivity index (χ4n) is 4.99. The van der Waals surface area contributed by atoms with Crippen LogP contribution in [-0.4, -0.2) is 24.2 Å². The number of hydrogen-bond donors (Lipinski definition) is 1. The first kappa shape index (κ1) is 16.0. The summed E-state index contributed by atoms with van der Waals surface area (Å²) in [6, 6.07) is 0. The molecule has 4 rings (SSSR count). The Balaban J connectivity index is 0.00000133. The zero-order valence-corrected chi connectivity index (χ0v) is 14.2. The Kier molecular flexibility index (Phi) is 4.30. The maximum absolute atomic E-state index is 11.1. The molecule has 1 unspecified atom stereocenters. The molecule has 4 aliphatic rings. The van der Waals surface area contributed by atoms with Gasteiger partial charge in [-0.3, -0.25) is 0 Å². The minimum atomic E-state index is -4.59. The minimum absolute atomic E-state index is 0. The largest absolute Gasteiger partial charge is 1.00 e. The van der Waals surface area contributed by atoms with Crippen LogP contribution in [0, 0.1) is 23.2 Å². The summed E-state index contributed by atoms with van der Waals surface area (Å²) in [5, 5.41) is 10.3. The third kappa shape index (κ3) is 2.70. The van der Waals surface area contributed by atoms with Gasteiger partial charge < -0.3 is 9.66 Å². The Morgan fingerprint density at radius 2 is 1.53 bits per heavy atom. The fourth-order valence-corrected chi connectivity index (χ4v) is 5.51. The molecule has 0 aromatic rings. The van der Waals surface area contributed by atoms with Crippen molar-refractivity contribution in [3.05, 3.63) is 11.5 Å². The Morgan fingerprint density at radius 3 is 1.84 bits per heavy atom. The molecule has 0 saturated heterocycles. The van der Waals surface area contributed by atoms with Crippen molar-refractivity contribution in [1.29, 1.82) is 0 Å². The molecule has 4 nitrogen and oxygen atoms in total. The zero-order valence-electron chi connectivity index (χ0n) is 11.3. The Hall–Kier alpha value is 0.610. The van der Waals surface area contributed by atoms with Gasteiger partial charge >= 0.3 is 29.6 Å². The molecule has 102 valence electrons. The van der Waals surface area contributed by atoms with Crippen LogP contribution >= 0.6 is 0 Å². The smallest absolute Gasteiger partial charge is 0.744 e. The summed E-state index contributed by atoms with van der Waals surface area (Å²) in [7, 11) is -4.59.